The van der Waals surface area contributed by atoms with Crippen molar-refractivity contribution in [3.05, 3.63) is 0 Å². The van der Waals surface area contributed by atoms with Gasteiger partial charge in [0.15, 0.2) is 0 Å². The Bertz CT molecular complexity index is 79.8. The first kappa shape index (κ1) is 23.7. The topological polar surface area (TPSA) is 74.6 Å². The van der Waals surface area contributed by atoms with Crippen LogP contribution >= 0.6 is 0 Å². The molecule has 44 valence electrons. The summed E-state index contributed by atoms with van der Waals surface area (Å²) < 4.78 is 33.6. The summed E-state index contributed by atoms with van der Waals surface area (Å²) >= 11 is 0. The van der Waals surface area contributed by atoms with E-state index in [9.17, 15) is 8.42 Å². The molecule has 4 nitrogen and oxygen atoms in total. The average molecular weight is 250 g/mol. The molecular formula is H5K3O4S2. The van der Waals surface area contributed by atoms with Crippen molar-refractivity contribution in [2.24, 2.45) is 0 Å². The molecule has 2 N–H and O–H groups in total. The van der Waals surface area contributed by atoms with Gasteiger partial charge in [-0.1, -0.05) is 0 Å². The Morgan fingerprint density at radius 1 is 0.778 bits per heavy atom. The summed E-state index contributed by atoms with van der Waals surface area (Å²) in [4.78, 5) is 0. The molecule has 0 heterocycles. The monoisotopic (exact) mass is 250 g/mol. The molecule has 0 rings (SSSR count). The molecular weight excluding hydrogens is 245 g/mol. The van der Waals surface area contributed by atoms with Crippen LogP contribution in [0, 0.1) is 0 Å². The van der Waals surface area contributed by atoms with Crippen molar-refractivity contribution >= 4 is 174 Å². The van der Waals surface area contributed by atoms with Gasteiger partial charge in [-0.3, -0.25) is 9.11 Å². The van der Waals surface area contributed by atoms with E-state index in [1.165, 1.54) is 0 Å². The van der Waals surface area contributed by atoms with Crippen LogP contribution < -0.4 is 0 Å². The second-order valence-corrected chi connectivity index (χ2v) is 3.01. The van der Waals surface area contributed by atoms with Crippen molar-refractivity contribution in [3.8, 4) is 0 Å². The molecule has 0 amide bonds. The SMILES string of the molecule is O=S(O)S(=O)O.[KH].[KH].[KH]. The first-order valence-electron chi connectivity index (χ1n) is 0.865. The van der Waals surface area contributed by atoms with Crippen molar-refractivity contribution in [3.63, 3.8) is 0 Å². The van der Waals surface area contributed by atoms with Crippen LogP contribution in [0.25, 0.3) is 0 Å². The van der Waals surface area contributed by atoms with E-state index in [2.05, 4.69) is 0 Å². The van der Waals surface area contributed by atoms with Gasteiger partial charge in [-0.25, -0.2) is 8.42 Å². The molecule has 0 aromatic rings. The number of rotatable bonds is 1. The molecule has 2 atom stereocenters. The van der Waals surface area contributed by atoms with Crippen molar-refractivity contribution in [1.29, 1.82) is 0 Å². The summed E-state index contributed by atoms with van der Waals surface area (Å²) in [6.07, 6.45) is 0. The minimum absolute atomic E-state index is 0. The fourth-order valence-electron chi connectivity index (χ4n) is 0. The van der Waals surface area contributed by atoms with Crippen LogP contribution in [-0.2, 0) is 20.2 Å². The van der Waals surface area contributed by atoms with Gasteiger partial charge in [0.05, 0.1) is 0 Å². The third-order valence-corrected chi connectivity index (χ3v) is 1.10. The number of hydrogen-bond donors (Lipinski definition) is 2. The van der Waals surface area contributed by atoms with Crippen molar-refractivity contribution in [2.75, 3.05) is 0 Å². The molecule has 2 unspecified atom stereocenters. The van der Waals surface area contributed by atoms with Crippen LogP contribution in [0.3, 0.4) is 0 Å². The Morgan fingerprint density at radius 3 is 0.889 bits per heavy atom. The molecule has 0 aliphatic heterocycles. The minimum atomic E-state index is -2.59. The van der Waals surface area contributed by atoms with Gasteiger partial charge in [0.25, 0.3) is 20.2 Å². The molecule has 9 heavy (non-hydrogen) atoms. The summed E-state index contributed by atoms with van der Waals surface area (Å²) in [5.74, 6) is 0. The fourth-order valence-corrected chi connectivity index (χ4v) is 0. The summed E-state index contributed by atoms with van der Waals surface area (Å²) in [7, 11) is -5.18. The van der Waals surface area contributed by atoms with E-state index < -0.39 is 20.2 Å². The third-order valence-electron chi connectivity index (χ3n) is 0.122. The van der Waals surface area contributed by atoms with Crippen LogP contribution in [0.2, 0.25) is 0 Å². The zero-order chi connectivity index (χ0) is 5.15. The summed E-state index contributed by atoms with van der Waals surface area (Å²) in [6, 6.07) is 0. The summed E-state index contributed by atoms with van der Waals surface area (Å²) in [6.45, 7) is 0. The number of hydrogen-bond acceptors (Lipinski definition) is 2. The molecule has 0 radical (unpaired) electrons. The van der Waals surface area contributed by atoms with Crippen LogP contribution in [0.4, 0.5) is 0 Å². The maximum absolute atomic E-state index is 9.26. The normalized spacial score (nSPS) is 13.1. The van der Waals surface area contributed by atoms with Crippen molar-refractivity contribution < 1.29 is 17.5 Å². The zero-order valence-electron chi connectivity index (χ0n) is 2.53. The zero-order valence-corrected chi connectivity index (χ0v) is 4.16. The standard InChI is InChI=1S/3K.H2O4S2.3H/c;;;1-5(2)6(3)4;;;/h;;;(H,1,2)(H,3,4);;;. The molecule has 0 spiro atoms. The van der Waals surface area contributed by atoms with Gasteiger partial charge in [-0.05, 0) is 0 Å². The quantitative estimate of drug-likeness (QED) is 0.304. The van der Waals surface area contributed by atoms with E-state index in [0.717, 1.165) is 0 Å². The van der Waals surface area contributed by atoms with E-state index >= 15 is 0 Å². The van der Waals surface area contributed by atoms with Gasteiger partial charge in [0, 0.05) is 0 Å². The maximum atomic E-state index is 9.26. The van der Waals surface area contributed by atoms with Gasteiger partial charge in [-0.15, -0.1) is 0 Å². The molecule has 0 saturated carbocycles. The second-order valence-electron chi connectivity index (χ2n) is 0.434. The Morgan fingerprint density at radius 2 is 0.889 bits per heavy atom. The predicted octanol–water partition coefficient (Wildman–Crippen LogP) is -2.60. The van der Waals surface area contributed by atoms with E-state index in [0.29, 0.717) is 0 Å². The van der Waals surface area contributed by atoms with E-state index in [4.69, 9.17) is 9.11 Å². The molecule has 0 aromatic heterocycles. The van der Waals surface area contributed by atoms with Crippen molar-refractivity contribution in [2.45, 2.75) is 0 Å². The Hall–Kier alpha value is 5.13. The van der Waals surface area contributed by atoms with E-state index in [1.807, 2.05) is 0 Å². The Balaban J connectivity index is -0.0000000417. The Labute approximate surface area is 185 Å². The van der Waals surface area contributed by atoms with E-state index in [-0.39, 0.29) is 154 Å². The van der Waals surface area contributed by atoms with Crippen LogP contribution in [0.15, 0.2) is 0 Å². The molecule has 9 heteroatoms. The predicted molar refractivity (Wildman–Crippen MR) is 43.0 cm³/mol. The van der Waals surface area contributed by atoms with Gasteiger partial charge in [0.1, 0.15) is 0 Å². The fraction of sp³-hybridized carbons (Fsp3) is 0. The molecule has 0 aromatic carbocycles. The first-order valence-corrected chi connectivity index (χ1v) is 3.60. The Kier molecular flexibility index (Phi) is 41.1. The second kappa shape index (κ2) is 15.6. The van der Waals surface area contributed by atoms with Crippen molar-refractivity contribution in [1.82, 2.24) is 0 Å². The van der Waals surface area contributed by atoms with Crippen LogP contribution in [0.1, 0.15) is 0 Å². The molecule has 0 fully saturated rings. The average Bonchev–Trinajstić information content (AvgIpc) is 1.36. The van der Waals surface area contributed by atoms with Gasteiger partial charge in [0.2, 0.25) is 0 Å². The van der Waals surface area contributed by atoms with Gasteiger partial charge >= 0.3 is 154 Å². The first-order chi connectivity index (χ1) is 2.64. The van der Waals surface area contributed by atoms with Crippen LogP contribution in [-0.4, -0.2) is 172 Å². The third kappa shape index (κ3) is 19.5. The van der Waals surface area contributed by atoms with E-state index in [1.54, 1.807) is 0 Å². The van der Waals surface area contributed by atoms with Gasteiger partial charge in [-0.2, -0.15) is 0 Å². The summed E-state index contributed by atoms with van der Waals surface area (Å²) in [5, 5.41) is 0. The molecule has 0 aliphatic rings. The van der Waals surface area contributed by atoms with Crippen LogP contribution in [0.5, 0.6) is 0 Å². The molecule has 0 aliphatic carbocycles. The summed E-state index contributed by atoms with van der Waals surface area (Å²) in [5.41, 5.74) is 0. The molecule has 0 bridgehead atoms. The molecule has 0 saturated heterocycles. The van der Waals surface area contributed by atoms with Gasteiger partial charge < -0.3 is 0 Å².